The molecule has 2 rings (SSSR count). The summed E-state index contributed by atoms with van der Waals surface area (Å²) in [7, 11) is 0. The fourth-order valence-electron chi connectivity index (χ4n) is 2.36. The van der Waals surface area contributed by atoms with E-state index in [0.717, 1.165) is 5.56 Å². The average molecular weight is 327 g/mol. The van der Waals surface area contributed by atoms with E-state index in [1.54, 1.807) is 24.3 Å². The molecule has 1 aliphatic rings. The predicted octanol–water partition coefficient (Wildman–Crippen LogP) is 0.935. The molecule has 9 heteroatoms. The van der Waals surface area contributed by atoms with Gasteiger partial charge in [-0.05, 0) is 18.1 Å². The van der Waals surface area contributed by atoms with Crippen LogP contribution in [0.25, 0.3) is 5.57 Å². The van der Waals surface area contributed by atoms with Crippen LogP contribution in [-0.2, 0) is 4.79 Å². The number of carbonyl (C=O) groups excluding carboxylic acids is 1. The Morgan fingerprint density at radius 3 is 2.43 bits per heavy atom. The van der Waals surface area contributed by atoms with Crippen molar-refractivity contribution < 1.29 is 18.0 Å². The van der Waals surface area contributed by atoms with Gasteiger partial charge in [0.2, 0.25) is 0 Å². The third-order valence-corrected chi connectivity index (χ3v) is 3.54. The monoisotopic (exact) mass is 327 g/mol. The van der Waals surface area contributed by atoms with Crippen molar-refractivity contribution >= 4 is 17.3 Å². The van der Waals surface area contributed by atoms with Crippen molar-refractivity contribution in [3.05, 3.63) is 41.0 Å². The Hall–Kier alpha value is -2.55. The molecule has 0 aromatic heterocycles. The fourth-order valence-corrected chi connectivity index (χ4v) is 2.36. The number of hydrazine groups is 1. The molecule has 124 valence electrons. The van der Waals surface area contributed by atoms with Crippen LogP contribution in [-0.4, -0.2) is 24.0 Å². The minimum absolute atomic E-state index is 0.0978. The maximum absolute atomic E-state index is 13.0. The highest BCUT2D eigenvalue weighted by atomic mass is 19.4. The normalized spacial score (nSPS) is 19.6. The number of hydrazone groups is 1. The summed E-state index contributed by atoms with van der Waals surface area (Å²) in [5.41, 5.74) is 3.64. The van der Waals surface area contributed by atoms with Gasteiger partial charge in [-0.1, -0.05) is 29.8 Å². The highest BCUT2D eigenvalue weighted by molar-refractivity contribution is 6.26. The van der Waals surface area contributed by atoms with Gasteiger partial charge in [0.1, 0.15) is 6.04 Å². The maximum atomic E-state index is 13.0. The Morgan fingerprint density at radius 2 is 1.96 bits per heavy atom. The Bertz CT molecular complexity index is 664. The number of nitrogens with two attached hydrogens (primary N) is 2. The summed E-state index contributed by atoms with van der Waals surface area (Å²) in [5.74, 6) is 9.32. The molecule has 6 nitrogen and oxygen atoms in total. The number of nitrogens with zero attached hydrogens (tertiary/aromatic N) is 1. The van der Waals surface area contributed by atoms with Gasteiger partial charge in [0, 0.05) is 6.42 Å². The van der Waals surface area contributed by atoms with E-state index in [-0.39, 0.29) is 17.0 Å². The number of halogens is 3. The average Bonchev–Trinajstić information content (AvgIpc) is 2.49. The topological polar surface area (TPSA) is 106 Å². The van der Waals surface area contributed by atoms with Crippen LogP contribution in [0.4, 0.5) is 13.2 Å². The lowest BCUT2D eigenvalue weighted by Gasteiger charge is -2.29. The SMILES string of the molecule is Cc1ccc(C2=C(/C(=N/N)NN)C(=O)N[C@@H](C(F)(F)F)C2)cc1. The van der Waals surface area contributed by atoms with Gasteiger partial charge in [-0.25, -0.2) is 5.84 Å². The minimum Gasteiger partial charge on any atom is -0.340 e. The van der Waals surface area contributed by atoms with E-state index in [2.05, 4.69) is 10.5 Å². The lowest BCUT2D eigenvalue weighted by atomic mass is 9.88. The Balaban J connectivity index is 2.60. The number of amidine groups is 1. The number of carbonyl (C=O) groups is 1. The third kappa shape index (κ3) is 3.45. The van der Waals surface area contributed by atoms with Crippen LogP contribution < -0.4 is 22.4 Å². The van der Waals surface area contributed by atoms with Crippen LogP contribution in [0.2, 0.25) is 0 Å². The Kier molecular flexibility index (Phi) is 4.60. The largest absolute Gasteiger partial charge is 0.408 e. The number of nitrogens with one attached hydrogen (secondary N) is 2. The first kappa shape index (κ1) is 16.8. The number of rotatable bonds is 2. The van der Waals surface area contributed by atoms with Crippen molar-refractivity contribution in [1.82, 2.24) is 10.7 Å². The van der Waals surface area contributed by atoms with Gasteiger partial charge in [0.25, 0.3) is 5.91 Å². The van der Waals surface area contributed by atoms with Gasteiger partial charge in [-0.3, -0.25) is 4.79 Å². The first-order valence-electron chi connectivity index (χ1n) is 6.70. The predicted molar refractivity (Wildman–Crippen MR) is 79.6 cm³/mol. The van der Waals surface area contributed by atoms with Crippen molar-refractivity contribution in [1.29, 1.82) is 0 Å². The molecular formula is C14H16F3N5O. The molecule has 23 heavy (non-hydrogen) atoms. The molecule has 0 unspecified atom stereocenters. The molecule has 1 aromatic carbocycles. The second kappa shape index (κ2) is 6.29. The lowest BCUT2D eigenvalue weighted by molar-refractivity contribution is -0.160. The summed E-state index contributed by atoms with van der Waals surface area (Å²) < 4.78 is 39.1. The first-order valence-corrected chi connectivity index (χ1v) is 6.70. The number of alkyl halides is 3. The molecule has 0 bridgehead atoms. The highest BCUT2D eigenvalue weighted by Gasteiger charge is 2.45. The molecule has 1 amide bonds. The second-order valence-corrected chi connectivity index (χ2v) is 5.11. The first-order chi connectivity index (χ1) is 10.8. The summed E-state index contributed by atoms with van der Waals surface area (Å²) in [6.07, 6.45) is -5.00. The van der Waals surface area contributed by atoms with Gasteiger partial charge in [-0.2, -0.15) is 18.3 Å². The molecule has 6 N–H and O–H groups in total. The number of amides is 1. The van der Waals surface area contributed by atoms with Crippen LogP contribution in [0.1, 0.15) is 17.5 Å². The van der Waals surface area contributed by atoms with E-state index in [0.29, 0.717) is 5.56 Å². The molecular weight excluding hydrogens is 311 g/mol. The van der Waals surface area contributed by atoms with Gasteiger partial charge >= 0.3 is 6.18 Å². The van der Waals surface area contributed by atoms with Crippen LogP contribution >= 0.6 is 0 Å². The molecule has 1 aliphatic heterocycles. The van der Waals surface area contributed by atoms with Crippen molar-refractivity contribution in [2.75, 3.05) is 0 Å². The highest BCUT2D eigenvalue weighted by Crippen LogP contribution is 2.34. The summed E-state index contributed by atoms with van der Waals surface area (Å²) >= 11 is 0. The van der Waals surface area contributed by atoms with Crippen molar-refractivity contribution in [3.63, 3.8) is 0 Å². The summed E-state index contributed by atoms with van der Waals surface area (Å²) in [6, 6.07) is 4.78. The van der Waals surface area contributed by atoms with E-state index in [4.69, 9.17) is 11.7 Å². The standard InChI is InChI=1S/C14H16F3N5O/c1-7-2-4-8(5-3-7)9-6-10(14(15,16)17)20-13(23)11(9)12(21-18)22-19/h2-5,10H,6,18-19H2,1H3,(H,20,23)(H,21,22)/t10-/m1/s1. The van der Waals surface area contributed by atoms with E-state index in [1.165, 1.54) is 0 Å². The minimum atomic E-state index is -4.56. The molecule has 0 saturated heterocycles. The zero-order valence-corrected chi connectivity index (χ0v) is 12.2. The number of benzene rings is 1. The van der Waals surface area contributed by atoms with Crippen LogP contribution in [0.15, 0.2) is 34.9 Å². The van der Waals surface area contributed by atoms with Crippen LogP contribution in [0.5, 0.6) is 0 Å². The summed E-state index contributed by atoms with van der Waals surface area (Å²) in [4.78, 5) is 12.2. The van der Waals surface area contributed by atoms with Crippen molar-refractivity contribution in [2.24, 2.45) is 16.8 Å². The fraction of sp³-hybridized carbons (Fsp3) is 0.286. The summed E-state index contributed by atoms with van der Waals surface area (Å²) in [5, 5.41) is 5.25. The molecule has 0 radical (unpaired) electrons. The third-order valence-electron chi connectivity index (χ3n) is 3.54. The number of hydrogen-bond donors (Lipinski definition) is 4. The zero-order valence-electron chi connectivity index (χ0n) is 12.2. The van der Waals surface area contributed by atoms with Gasteiger partial charge in [-0.15, -0.1) is 0 Å². The number of hydrogen-bond acceptors (Lipinski definition) is 4. The van der Waals surface area contributed by atoms with E-state index in [9.17, 15) is 18.0 Å². The van der Waals surface area contributed by atoms with Gasteiger partial charge in [0.05, 0.1) is 5.57 Å². The van der Waals surface area contributed by atoms with Gasteiger partial charge < -0.3 is 16.6 Å². The second-order valence-electron chi connectivity index (χ2n) is 5.11. The number of aryl methyl sites for hydroxylation is 1. The Morgan fingerprint density at radius 1 is 1.35 bits per heavy atom. The molecule has 1 heterocycles. The van der Waals surface area contributed by atoms with Crippen molar-refractivity contribution in [3.8, 4) is 0 Å². The van der Waals surface area contributed by atoms with Gasteiger partial charge in [0.15, 0.2) is 5.84 Å². The molecule has 1 aromatic rings. The zero-order chi connectivity index (χ0) is 17.2. The van der Waals surface area contributed by atoms with Crippen LogP contribution in [0, 0.1) is 6.92 Å². The Labute approximate surface area is 130 Å². The molecule has 0 fully saturated rings. The van der Waals surface area contributed by atoms with E-state index < -0.39 is 24.5 Å². The van der Waals surface area contributed by atoms with E-state index in [1.807, 2.05) is 12.2 Å². The summed E-state index contributed by atoms with van der Waals surface area (Å²) in [6.45, 7) is 1.85. The molecule has 0 spiro atoms. The van der Waals surface area contributed by atoms with E-state index >= 15 is 0 Å². The quantitative estimate of drug-likeness (QED) is 0.281. The lowest BCUT2D eigenvalue weighted by Crippen LogP contribution is -2.51. The molecule has 1 atom stereocenters. The molecule has 0 aliphatic carbocycles. The maximum Gasteiger partial charge on any atom is 0.408 e. The van der Waals surface area contributed by atoms with Crippen LogP contribution in [0.3, 0.4) is 0 Å². The smallest absolute Gasteiger partial charge is 0.340 e. The molecule has 0 saturated carbocycles. The van der Waals surface area contributed by atoms with Crippen molar-refractivity contribution in [2.45, 2.75) is 25.6 Å².